The monoisotopic (exact) mass is 326 g/mol. The van der Waals surface area contributed by atoms with Crippen molar-refractivity contribution < 1.29 is 14.3 Å². The molecule has 1 aliphatic rings. The average molecular weight is 326 g/mol. The van der Waals surface area contributed by atoms with Crippen molar-refractivity contribution in [2.45, 2.75) is 59.3 Å². The number of amides is 1. The van der Waals surface area contributed by atoms with Crippen LogP contribution in [0, 0.1) is 5.92 Å². The number of carbonyl (C=O) groups excluding carboxylic acids is 2. The molecule has 134 valence electrons. The highest BCUT2D eigenvalue weighted by Crippen LogP contribution is 2.28. The summed E-state index contributed by atoms with van der Waals surface area (Å²) >= 11 is 0. The van der Waals surface area contributed by atoms with E-state index in [4.69, 9.17) is 4.74 Å². The molecule has 1 aliphatic carbocycles. The van der Waals surface area contributed by atoms with Gasteiger partial charge in [-0.15, -0.1) is 0 Å². The normalized spacial score (nSPS) is 14.6. The van der Waals surface area contributed by atoms with Crippen molar-refractivity contribution in [2.75, 3.05) is 39.3 Å². The second-order valence-electron chi connectivity index (χ2n) is 6.24. The fraction of sp³-hybridized carbons (Fsp3) is 0.889. The van der Waals surface area contributed by atoms with Crippen LogP contribution in [0.1, 0.15) is 59.3 Å². The molecule has 1 rings (SSSR count). The number of hydrogen-bond donors (Lipinski definition) is 0. The Morgan fingerprint density at radius 3 is 2.17 bits per heavy atom. The Balaban J connectivity index is 2.37. The number of rotatable bonds is 12. The summed E-state index contributed by atoms with van der Waals surface area (Å²) in [6, 6.07) is 0. The van der Waals surface area contributed by atoms with Gasteiger partial charge in [0.1, 0.15) is 0 Å². The fourth-order valence-electron chi connectivity index (χ4n) is 2.88. The first-order valence-corrected chi connectivity index (χ1v) is 9.29. The molecule has 1 amide bonds. The van der Waals surface area contributed by atoms with Crippen molar-refractivity contribution in [3.05, 3.63) is 0 Å². The van der Waals surface area contributed by atoms with E-state index in [1.807, 2.05) is 11.8 Å². The highest BCUT2D eigenvalue weighted by atomic mass is 16.5. The average Bonchev–Trinajstić information content (AvgIpc) is 2.48. The lowest BCUT2D eigenvalue weighted by Gasteiger charge is -2.31. The van der Waals surface area contributed by atoms with Gasteiger partial charge in [-0.1, -0.05) is 20.3 Å². The summed E-state index contributed by atoms with van der Waals surface area (Å²) in [6.45, 7) is 11.0. The maximum absolute atomic E-state index is 12.5. The summed E-state index contributed by atoms with van der Waals surface area (Å²) in [7, 11) is 0. The van der Waals surface area contributed by atoms with Crippen LogP contribution in [0.15, 0.2) is 0 Å². The zero-order valence-corrected chi connectivity index (χ0v) is 15.2. The molecule has 0 aromatic rings. The SMILES string of the molecule is CCOC(=O)CCN(CCCCN(CC)CC)C(=O)C1CCC1. The van der Waals surface area contributed by atoms with Crippen molar-refractivity contribution in [1.29, 1.82) is 0 Å². The lowest BCUT2D eigenvalue weighted by Crippen LogP contribution is -2.41. The van der Waals surface area contributed by atoms with E-state index in [-0.39, 0.29) is 17.8 Å². The molecule has 0 atom stereocenters. The summed E-state index contributed by atoms with van der Waals surface area (Å²) in [6.07, 6.45) is 5.57. The molecule has 23 heavy (non-hydrogen) atoms. The fourth-order valence-corrected chi connectivity index (χ4v) is 2.88. The van der Waals surface area contributed by atoms with Crippen LogP contribution < -0.4 is 0 Å². The van der Waals surface area contributed by atoms with Gasteiger partial charge in [0.05, 0.1) is 13.0 Å². The van der Waals surface area contributed by atoms with Gasteiger partial charge in [0, 0.05) is 19.0 Å². The predicted molar refractivity (Wildman–Crippen MR) is 92.2 cm³/mol. The van der Waals surface area contributed by atoms with Gasteiger partial charge < -0.3 is 14.5 Å². The third kappa shape index (κ3) is 7.34. The Morgan fingerprint density at radius 2 is 1.65 bits per heavy atom. The van der Waals surface area contributed by atoms with Gasteiger partial charge >= 0.3 is 5.97 Å². The van der Waals surface area contributed by atoms with Crippen LogP contribution in [0.2, 0.25) is 0 Å². The smallest absolute Gasteiger partial charge is 0.307 e. The van der Waals surface area contributed by atoms with Crippen LogP contribution >= 0.6 is 0 Å². The van der Waals surface area contributed by atoms with Gasteiger partial charge in [-0.2, -0.15) is 0 Å². The van der Waals surface area contributed by atoms with Crippen LogP contribution in [0.3, 0.4) is 0 Å². The minimum Gasteiger partial charge on any atom is -0.466 e. The first kappa shape index (κ1) is 19.9. The number of hydrogen-bond acceptors (Lipinski definition) is 4. The third-order valence-corrected chi connectivity index (χ3v) is 4.70. The molecule has 1 fully saturated rings. The van der Waals surface area contributed by atoms with Crippen LogP contribution in [0.5, 0.6) is 0 Å². The molecule has 0 aromatic heterocycles. The highest BCUT2D eigenvalue weighted by molar-refractivity contribution is 5.80. The summed E-state index contributed by atoms with van der Waals surface area (Å²) in [5.41, 5.74) is 0. The van der Waals surface area contributed by atoms with E-state index in [0.717, 1.165) is 58.3 Å². The van der Waals surface area contributed by atoms with Gasteiger partial charge in [-0.25, -0.2) is 0 Å². The second-order valence-corrected chi connectivity index (χ2v) is 6.24. The maximum Gasteiger partial charge on any atom is 0.307 e. The van der Waals surface area contributed by atoms with E-state index in [0.29, 0.717) is 19.6 Å². The Kier molecular flexibility index (Phi) is 9.92. The summed E-state index contributed by atoms with van der Waals surface area (Å²) in [4.78, 5) is 28.3. The van der Waals surface area contributed by atoms with Crippen molar-refractivity contribution in [3.8, 4) is 0 Å². The summed E-state index contributed by atoms with van der Waals surface area (Å²) in [5, 5.41) is 0. The van der Waals surface area contributed by atoms with Crippen LogP contribution in [-0.4, -0.2) is 61.0 Å². The Morgan fingerprint density at radius 1 is 1.00 bits per heavy atom. The minimum atomic E-state index is -0.206. The lowest BCUT2D eigenvalue weighted by atomic mass is 9.84. The molecule has 0 saturated heterocycles. The first-order chi connectivity index (χ1) is 11.1. The number of unbranched alkanes of at least 4 members (excludes halogenated alkanes) is 1. The lowest BCUT2D eigenvalue weighted by molar-refractivity contribution is -0.145. The molecule has 0 N–H and O–H groups in total. The van der Waals surface area contributed by atoms with E-state index >= 15 is 0 Å². The number of carbonyl (C=O) groups is 2. The molecule has 0 unspecified atom stereocenters. The Labute approximate surface area is 141 Å². The predicted octanol–water partition coefficient (Wildman–Crippen LogP) is 2.69. The number of ether oxygens (including phenoxy) is 1. The summed E-state index contributed by atoms with van der Waals surface area (Å²) < 4.78 is 4.98. The molecule has 0 aliphatic heterocycles. The molecule has 1 saturated carbocycles. The second kappa shape index (κ2) is 11.4. The van der Waals surface area contributed by atoms with Crippen LogP contribution in [0.25, 0.3) is 0 Å². The Hall–Kier alpha value is -1.10. The number of nitrogens with zero attached hydrogens (tertiary/aromatic N) is 2. The molecule has 5 heteroatoms. The van der Waals surface area contributed by atoms with E-state index in [2.05, 4.69) is 18.7 Å². The maximum atomic E-state index is 12.5. The van der Waals surface area contributed by atoms with E-state index in [1.54, 1.807) is 0 Å². The molecule has 0 radical (unpaired) electrons. The molecule has 0 aromatic carbocycles. The summed E-state index contributed by atoms with van der Waals surface area (Å²) in [5.74, 6) is 0.227. The van der Waals surface area contributed by atoms with Gasteiger partial charge in [0.15, 0.2) is 0 Å². The minimum absolute atomic E-state index is 0.194. The van der Waals surface area contributed by atoms with Gasteiger partial charge in [-0.3, -0.25) is 9.59 Å². The molecule has 5 nitrogen and oxygen atoms in total. The van der Waals surface area contributed by atoms with E-state index in [1.165, 1.54) is 0 Å². The quantitative estimate of drug-likeness (QED) is 0.409. The molecule has 0 bridgehead atoms. The molecular weight excluding hydrogens is 292 g/mol. The zero-order valence-electron chi connectivity index (χ0n) is 15.2. The highest BCUT2D eigenvalue weighted by Gasteiger charge is 2.29. The molecule has 0 spiro atoms. The van der Waals surface area contributed by atoms with Crippen LogP contribution in [0.4, 0.5) is 0 Å². The van der Waals surface area contributed by atoms with Crippen molar-refractivity contribution >= 4 is 11.9 Å². The largest absolute Gasteiger partial charge is 0.466 e. The Bertz CT molecular complexity index is 352. The van der Waals surface area contributed by atoms with Crippen molar-refractivity contribution in [2.24, 2.45) is 5.92 Å². The van der Waals surface area contributed by atoms with Crippen molar-refractivity contribution in [1.82, 2.24) is 9.80 Å². The van der Waals surface area contributed by atoms with Crippen molar-refractivity contribution in [3.63, 3.8) is 0 Å². The third-order valence-electron chi connectivity index (χ3n) is 4.70. The van der Waals surface area contributed by atoms with Crippen LogP contribution in [-0.2, 0) is 14.3 Å². The van der Waals surface area contributed by atoms with E-state index < -0.39 is 0 Å². The van der Waals surface area contributed by atoms with E-state index in [9.17, 15) is 9.59 Å². The van der Waals surface area contributed by atoms with Gasteiger partial charge in [0.25, 0.3) is 0 Å². The topological polar surface area (TPSA) is 49.9 Å². The first-order valence-electron chi connectivity index (χ1n) is 9.29. The van der Waals surface area contributed by atoms with Gasteiger partial charge in [0.2, 0.25) is 5.91 Å². The zero-order chi connectivity index (χ0) is 17.1. The molecule has 0 heterocycles. The standard InChI is InChI=1S/C18H34N2O3/c1-4-19(5-2)13-7-8-14-20(15-12-17(21)23-6-3)18(22)16-10-9-11-16/h16H,4-15H2,1-3H3. The van der Waals surface area contributed by atoms with Gasteiger partial charge in [-0.05, 0) is 52.2 Å². The molecular formula is C18H34N2O3. The number of esters is 1.